The molecule has 0 aliphatic carbocycles. The number of nitrogens with zero attached hydrogens (tertiary/aromatic N) is 1. The van der Waals surface area contributed by atoms with Crippen molar-refractivity contribution in [1.29, 1.82) is 0 Å². The Bertz CT molecular complexity index is 448. The molecule has 1 aromatic carbocycles. The van der Waals surface area contributed by atoms with Gasteiger partial charge in [-0.05, 0) is 24.5 Å². The first-order valence-corrected chi connectivity index (χ1v) is 6.58. The fraction of sp³-hybridized carbons (Fsp3) is 0.533. The van der Waals surface area contributed by atoms with E-state index in [9.17, 15) is 4.79 Å². The molecule has 1 heterocycles. The van der Waals surface area contributed by atoms with Crippen molar-refractivity contribution in [1.82, 2.24) is 0 Å². The molecule has 0 aromatic heterocycles. The summed E-state index contributed by atoms with van der Waals surface area (Å²) in [4.78, 5) is 14.4. The summed E-state index contributed by atoms with van der Waals surface area (Å²) in [6, 6.07) is 8.04. The third-order valence-electron chi connectivity index (χ3n) is 3.41. The molecule has 0 saturated heterocycles. The molecule has 3 heteroatoms. The third kappa shape index (κ3) is 2.41. The topological polar surface area (TPSA) is 46.3 Å². The van der Waals surface area contributed by atoms with Gasteiger partial charge in [0.2, 0.25) is 5.91 Å². The van der Waals surface area contributed by atoms with Gasteiger partial charge in [-0.2, -0.15) is 0 Å². The van der Waals surface area contributed by atoms with Gasteiger partial charge in [-0.15, -0.1) is 0 Å². The normalized spacial score (nSPS) is 20.2. The Labute approximate surface area is 109 Å². The number of benzene rings is 1. The molecular formula is C15H22N2O. The number of fused-ring (bicyclic) bond motifs is 1. The lowest BCUT2D eigenvalue weighted by molar-refractivity contribution is -0.125. The number of rotatable bonds is 0. The molecule has 1 aromatic rings. The average molecular weight is 246 g/mol. The van der Waals surface area contributed by atoms with Crippen LogP contribution >= 0.6 is 0 Å². The van der Waals surface area contributed by atoms with Crippen molar-refractivity contribution in [3.05, 3.63) is 29.8 Å². The summed E-state index contributed by atoms with van der Waals surface area (Å²) in [7, 11) is 0. The Morgan fingerprint density at radius 2 is 2.00 bits per heavy atom. The van der Waals surface area contributed by atoms with Crippen LogP contribution in [0.15, 0.2) is 24.3 Å². The van der Waals surface area contributed by atoms with E-state index < -0.39 is 0 Å². The molecular weight excluding hydrogens is 224 g/mol. The van der Waals surface area contributed by atoms with Crippen LogP contribution < -0.4 is 10.6 Å². The van der Waals surface area contributed by atoms with Crippen LogP contribution in [-0.4, -0.2) is 12.5 Å². The lowest BCUT2D eigenvalue weighted by Crippen LogP contribution is -2.40. The van der Waals surface area contributed by atoms with Crippen molar-refractivity contribution in [2.24, 2.45) is 11.1 Å². The van der Waals surface area contributed by atoms with Gasteiger partial charge < -0.3 is 10.6 Å². The minimum Gasteiger partial charge on any atom is -0.324 e. The molecule has 18 heavy (non-hydrogen) atoms. The Balaban J connectivity index is 2.44. The van der Waals surface area contributed by atoms with Crippen LogP contribution in [0.4, 0.5) is 5.69 Å². The Kier molecular flexibility index (Phi) is 3.44. The summed E-state index contributed by atoms with van der Waals surface area (Å²) in [6.45, 7) is 6.65. The molecule has 0 saturated carbocycles. The zero-order valence-electron chi connectivity index (χ0n) is 11.4. The molecule has 0 fully saturated rings. The number of carbonyl (C=O) groups excluding carboxylic acids is 1. The highest BCUT2D eigenvalue weighted by Gasteiger charge is 2.31. The van der Waals surface area contributed by atoms with E-state index in [1.165, 1.54) is 0 Å². The monoisotopic (exact) mass is 246 g/mol. The average Bonchev–Trinajstić information content (AvgIpc) is 2.47. The summed E-state index contributed by atoms with van der Waals surface area (Å²) in [5.41, 5.74) is 7.90. The summed E-state index contributed by atoms with van der Waals surface area (Å²) in [5, 5.41) is 0. The molecule has 1 aliphatic heterocycles. The fourth-order valence-electron chi connectivity index (χ4n) is 2.41. The van der Waals surface area contributed by atoms with E-state index in [1.807, 2.05) is 49.9 Å². The second-order valence-electron chi connectivity index (χ2n) is 6.01. The second-order valence-corrected chi connectivity index (χ2v) is 6.01. The maximum atomic E-state index is 12.5. The van der Waals surface area contributed by atoms with E-state index in [1.54, 1.807) is 0 Å². The van der Waals surface area contributed by atoms with Crippen LogP contribution in [0, 0.1) is 5.41 Å². The van der Waals surface area contributed by atoms with E-state index in [4.69, 9.17) is 5.73 Å². The van der Waals surface area contributed by atoms with E-state index >= 15 is 0 Å². The van der Waals surface area contributed by atoms with E-state index in [0.717, 1.165) is 30.6 Å². The van der Waals surface area contributed by atoms with Gasteiger partial charge in [0.15, 0.2) is 0 Å². The predicted octanol–water partition coefficient (Wildman–Crippen LogP) is 2.86. The molecule has 1 amide bonds. The first-order chi connectivity index (χ1) is 8.41. The van der Waals surface area contributed by atoms with Crippen molar-refractivity contribution >= 4 is 11.6 Å². The van der Waals surface area contributed by atoms with Gasteiger partial charge in [-0.1, -0.05) is 39.0 Å². The number of anilines is 1. The summed E-state index contributed by atoms with van der Waals surface area (Å²) >= 11 is 0. The Hall–Kier alpha value is -1.35. The van der Waals surface area contributed by atoms with Gasteiger partial charge in [-0.25, -0.2) is 0 Å². The predicted molar refractivity (Wildman–Crippen MR) is 74.4 cm³/mol. The highest BCUT2D eigenvalue weighted by Crippen LogP contribution is 2.33. The quantitative estimate of drug-likeness (QED) is 0.765. The van der Waals surface area contributed by atoms with Crippen LogP contribution in [0.2, 0.25) is 0 Å². The van der Waals surface area contributed by atoms with Crippen LogP contribution in [0.5, 0.6) is 0 Å². The zero-order chi connectivity index (χ0) is 13.3. The van der Waals surface area contributed by atoms with Gasteiger partial charge in [0.05, 0.1) is 0 Å². The Morgan fingerprint density at radius 3 is 2.67 bits per heavy atom. The van der Waals surface area contributed by atoms with Gasteiger partial charge in [-0.3, -0.25) is 4.79 Å². The first-order valence-electron chi connectivity index (χ1n) is 6.58. The number of hydrogen-bond donors (Lipinski definition) is 1. The summed E-state index contributed by atoms with van der Waals surface area (Å²) in [6.07, 6.45) is 1.89. The van der Waals surface area contributed by atoms with E-state index in [-0.39, 0.29) is 17.4 Å². The lowest BCUT2D eigenvalue weighted by Gasteiger charge is -2.29. The van der Waals surface area contributed by atoms with Gasteiger partial charge in [0, 0.05) is 23.7 Å². The third-order valence-corrected chi connectivity index (χ3v) is 3.41. The van der Waals surface area contributed by atoms with Gasteiger partial charge in [0.25, 0.3) is 0 Å². The van der Waals surface area contributed by atoms with E-state index in [0.29, 0.717) is 0 Å². The fourth-order valence-corrected chi connectivity index (χ4v) is 2.41. The van der Waals surface area contributed by atoms with Crippen LogP contribution in [0.25, 0.3) is 0 Å². The molecule has 1 atom stereocenters. The smallest absolute Gasteiger partial charge is 0.232 e. The van der Waals surface area contributed by atoms with Crippen molar-refractivity contribution in [3.63, 3.8) is 0 Å². The number of hydrogen-bond acceptors (Lipinski definition) is 2. The van der Waals surface area contributed by atoms with Gasteiger partial charge >= 0.3 is 0 Å². The highest BCUT2D eigenvalue weighted by atomic mass is 16.2. The van der Waals surface area contributed by atoms with Crippen molar-refractivity contribution in [2.75, 3.05) is 11.4 Å². The number of para-hydroxylation sites is 1. The maximum absolute atomic E-state index is 12.5. The standard InChI is InChI=1S/C15H22N2O/c1-15(2,3)14(18)17-10-6-8-12(16)11-7-4-5-9-13(11)17/h4-5,7,9,12H,6,8,10,16H2,1-3H3. The number of amides is 1. The minimum absolute atomic E-state index is 0.0407. The van der Waals surface area contributed by atoms with Crippen molar-refractivity contribution in [2.45, 2.75) is 39.7 Å². The van der Waals surface area contributed by atoms with Crippen LogP contribution in [0.3, 0.4) is 0 Å². The first kappa shape index (κ1) is 13.1. The van der Waals surface area contributed by atoms with Crippen LogP contribution in [-0.2, 0) is 4.79 Å². The highest BCUT2D eigenvalue weighted by molar-refractivity contribution is 5.97. The minimum atomic E-state index is -0.360. The molecule has 2 rings (SSSR count). The Morgan fingerprint density at radius 1 is 1.33 bits per heavy atom. The van der Waals surface area contributed by atoms with Gasteiger partial charge in [0.1, 0.15) is 0 Å². The molecule has 0 radical (unpaired) electrons. The molecule has 2 N–H and O–H groups in total. The number of nitrogens with two attached hydrogens (primary N) is 1. The molecule has 0 spiro atoms. The molecule has 1 aliphatic rings. The van der Waals surface area contributed by atoms with Crippen LogP contribution in [0.1, 0.15) is 45.2 Å². The maximum Gasteiger partial charge on any atom is 0.232 e. The molecule has 98 valence electrons. The van der Waals surface area contributed by atoms with Crippen molar-refractivity contribution < 1.29 is 4.79 Å². The lowest BCUT2D eigenvalue weighted by atomic mass is 9.94. The largest absolute Gasteiger partial charge is 0.324 e. The molecule has 0 bridgehead atoms. The van der Waals surface area contributed by atoms with E-state index in [2.05, 4.69) is 0 Å². The summed E-state index contributed by atoms with van der Waals surface area (Å²) < 4.78 is 0. The number of carbonyl (C=O) groups is 1. The summed E-state index contributed by atoms with van der Waals surface area (Å²) in [5.74, 6) is 0.170. The molecule has 1 unspecified atom stereocenters. The molecule has 3 nitrogen and oxygen atoms in total. The van der Waals surface area contributed by atoms with Crippen molar-refractivity contribution in [3.8, 4) is 0 Å². The second kappa shape index (κ2) is 4.73. The SMILES string of the molecule is CC(C)(C)C(=O)N1CCCC(N)c2ccccc21. The zero-order valence-corrected chi connectivity index (χ0v) is 11.4.